The Labute approximate surface area is 189 Å². The molecule has 0 radical (unpaired) electrons. The summed E-state index contributed by atoms with van der Waals surface area (Å²) in [6.45, 7) is -1.48. The van der Waals surface area contributed by atoms with Crippen LogP contribution in [0.4, 0.5) is 8.78 Å². The van der Waals surface area contributed by atoms with Crippen LogP contribution >= 0.6 is 0 Å². The van der Waals surface area contributed by atoms with Crippen molar-refractivity contribution in [3.8, 4) is 22.6 Å². The van der Waals surface area contributed by atoms with Gasteiger partial charge < -0.3 is 18.9 Å². The second-order valence-corrected chi connectivity index (χ2v) is 8.29. The molecular formula is C24H24F2N2O5. The maximum atomic E-state index is 13.2. The predicted octanol–water partition coefficient (Wildman–Crippen LogP) is 4.68. The first-order valence-electron chi connectivity index (χ1n) is 10.9. The van der Waals surface area contributed by atoms with Gasteiger partial charge in [-0.15, -0.1) is 0 Å². The Morgan fingerprint density at radius 2 is 2.06 bits per heavy atom. The van der Waals surface area contributed by atoms with E-state index in [0.717, 1.165) is 23.9 Å². The van der Waals surface area contributed by atoms with Crippen molar-refractivity contribution in [3.05, 3.63) is 47.8 Å². The predicted molar refractivity (Wildman–Crippen MR) is 115 cm³/mol. The first-order valence-corrected chi connectivity index (χ1v) is 10.9. The van der Waals surface area contributed by atoms with Gasteiger partial charge in [0.25, 0.3) is 0 Å². The molecule has 2 aromatic heterocycles. The van der Waals surface area contributed by atoms with Gasteiger partial charge >= 0.3 is 6.61 Å². The zero-order valence-electron chi connectivity index (χ0n) is 18.1. The van der Waals surface area contributed by atoms with E-state index >= 15 is 0 Å². The molecule has 174 valence electrons. The second-order valence-electron chi connectivity index (χ2n) is 8.29. The number of benzene rings is 1. The number of fused-ring (bicyclic) bond motifs is 1. The van der Waals surface area contributed by atoms with E-state index in [1.165, 1.54) is 13.2 Å². The zero-order chi connectivity index (χ0) is 22.9. The summed E-state index contributed by atoms with van der Waals surface area (Å²) in [6.07, 6.45) is 5.57. The van der Waals surface area contributed by atoms with Gasteiger partial charge in [-0.2, -0.15) is 13.9 Å². The van der Waals surface area contributed by atoms with Crippen LogP contribution in [-0.4, -0.2) is 48.9 Å². The molecule has 1 aromatic carbocycles. The molecule has 1 aliphatic carbocycles. The minimum absolute atomic E-state index is 0.0571. The minimum atomic E-state index is -3.07. The standard InChI is InChI=1S/C24H24F2N2O5/c1-30-20-9-16(10-21(33-24(25)26)23(20)19(29)8-14-2-3-14)17-11-27-28-12-15(4-5-18(17)28)22-13-31-6-7-32-22/h4-5,9-12,14,22,24H,2-3,6-8,13H2,1H3. The lowest BCUT2D eigenvalue weighted by Crippen LogP contribution is -2.22. The Balaban J connectivity index is 1.54. The number of halogens is 2. The Kier molecular flexibility index (Phi) is 5.99. The Hall–Kier alpha value is -3.04. The van der Waals surface area contributed by atoms with Crippen molar-refractivity contribution in [1.29, 1.82) is 0 Å². The quantitative estimate of drug-likeness (QED) is 0.457. The number of hydrogen-bond donors (Lipinski definition) is 0. The van der Waals surface area contributed by atoms with E-state index in [9.17, 15) is 13.6 Å². The number of hydrogen-bond acceptors (Lipinski definition) is 6. The van der Waals surface area contributed by atoms with Crippen LogP contribution in [0.25, 0.3) is 16.6 Å². The highest BCUT2D eigenvalue weighted by Crippen LogP contribution is 2.41. The van der Waals surface area contributed by atoms with E-state index in [-0.39, 0.29) is 28.9 Å². The molecule has 33 heavy (non-hydrogen) atoms. The summed E-state index contributed by atoms with van der Waals surface area (Å²) in [5.74, 6) is 0.0654. The van der Waals surface area contributed by atoms with Crippen molar-refractivity contribution in [2.24, 2.45) is 5.92 Å². The van der Waals surface area contributed by atoms with E-state index < -0.39 is 6.61 Å². The summed E-state index contributed by atoms with van der Waals surface area (Å²) in [6, 6.07) is 6.95. The van der Waals surface area contributed by atoms with Gasteiger partial charge in [0, 0.05) is 23.7 Å². The molecule has 1 saturated heterocycles. The van der Waals surface area contributed by atoms with Gasteiger partial charge in [0.1, 0.15) is 23.2 Å². The fourth-order valence-corrected chi connectivity index (χ4v) is 4.15. The molecule has 1 saturated carbocycles. The summed E-state index contributed by atoms with van der Waals surface area (Å²) in [5, 5.41) is 4.43. The molecule has 3 aromatic rings. The van der Waals surface area contributed by atoms with E-state index in [1.807, 2.05) is 18.3 Å². The number of nitrogens with zero attached hydrogens (tertiary/aromatic N) is 2. The molecule has 2 aliphatic rings. The smallest absolute Gasteiger partial charge is 0.387 e. The molecule has 7 nitrogen and oxygen atoms in total. The van der Waals surface area contributed by atoms with Gasteiger partial charge in [-0.1, -0.05) is 6.07 Å². The third-order valence-corrected chi connectivity index (χ3v) is 5.99. The highest BCUT2D eigenvalue weighted by atomic mass is 19.3. The summed E-state index contributed by atoms with van der Waals surface area (Å²) in [5.41, 5.74) is 3.00. The molecule has 0 spiro atoms. The lowest BCUT2D eigenvalue weighted by Gasteiger charge is -2.23. The van der Waals surface area contributed by atoms with Gasteiger partial charge in [-0.05, 0) is 42.5 Å². The maximum absolute atomic E-state index is 13.2. The molecule has 9 heteroatoms. The fraction of sp³-hybridized carbons (Fsp3) is 0.417. The first kappa shape index (κ1) is 21.8. The Morgan fingerprint density at radius 1 is 1.24 bits per heavy atom. The largest absolute Gasteiger partial charge is 0.496 e. The van der Waals surface area contributed by atoms with Gasteiger partial charge in [-0.3, -0.25) is 4.79 Å². The highest BCUT2D eigenvalue weighted by Gasteiger charge is 2.30. The molecule has 0 N–H and O–H groups in total. The lowest BCUT2D eigenvalue weighted by molar-refractivity contribution is -0.0903. The number of pyridine rings is 1. The van der Waals surface area contributed by atoms with Crippen LogP contribution in [0.5, 0.6) is 11.5 Å². The molecule has 1 atom stereocenters. The first-order chi connectivity index (χ1) is 16.0. The molecule has 0 bridgehead atoms. The fourth-order valence-electron chi connectivity index (χ4n) is 4.15. The van der Waals surface area contributed by atoms with Crippen LogP contribution in [0.3, 0.4) is 0 Å². The van der Waals surface area contributed by atoms with Gasteiger partial charge in [0.05, 0.1) is 38.6 Å². The zero-order valence-corrected chi connectivity index (χ0v) is 18.1. The van der Waals surface area contributed by atoms with E-state index in [1.54, 1.807) is 16.8 Å². The third-order valence-electron chi connectivity index (χ3n) is 5.99. The van der Waals surface area contributed by atoms with Gasteiger partial charge in [0.2, 0.25) is 0 Å². The second kappa shape index (κ2) is 9.07. The molecule has 1 aliphatic heterocycles. The summed E-state index contributed by atoms with van der Waals surface area (Å²) in [7, 11) is 1.41. The summed E-state index contributed by atoms with van der Waals surface area (Å²) >= 11 is 0. The van der Waals surface area contributed by atoms with Crippen molar-refractivity contribution in [1.82, 2.24) is 9.61 Å². The van der Waals surface area contributed by atoms with Crippen LogP contribution in [0.1, 0.15) is 41.3 Å². The molecule has 3 heterocycles. The van der Waals surface area contributed by atoms with Crippen LogP contribution in [0, 0.1) is 5.92 Å². The molecule has 2 fully saturated rings. The van der Waals surface area contributed by atoms with Crippen LogP contribution in [0.15, 0.2) is 36.7 Å². The average Bonchev–Trinajstić information content (AvgIpc) is 3.53. The van der Waals surface area contributed by atoms with Crippen molar-refractivity contribution < 1.29 is 32.5 Å². The SMILES string of the molecule is COc1cc(-c2cnn3cc(C4COCCO4)ccc23)cc(OC(F)F)c1C(=O)CC1CC1. The van der Waals surface area contributed by atoms with Gasteiger partial charge in [0.15, 0.2) is 5.78 Å². The van der Waals surface area contributed by atoms with Crippen molar-refractivity contribution in [2.45, 2.75) is 32.0 Å². The number of rotatable bonds is 8. The van der Waals surface area contributed by atoms with Crippen LogP contribution in [0.2, 0.25) is 0 Å². The maximum Gasteiger partial charge on any atom is 0.387 e. The van der Waals surface area contributed by atoms with Crippen molar-refractivity contribution in [2.75, 3.05) is 26.9 Å². The summed E-state index contributed by atoms with van der Waals surface area (Å²) in [4.78, 5) is 12.8. The topological polar surface area (TPSA) is 71.3 Å². The molecule has 1 unspecified atom stereocenters. The minimum Gasteiger partial charge on any atom is -0.496 e. The van der Waals surface area contributed by atoms with E-state index in [4.69, 9.17) is 18.9 Å². The van der Waals surface area contributed by atoms with Crippen LogP contribution in [-0.2, 0) is 9.47 Å². The number of Topliss-reactive ketones (excluding diaryl/α,β-unsaturated/α-hetero) is 1. The number of carbonyl (C=O) groups is 1. The number of carbonyl (C=O) groups excluding carboxylic acids is 1. The number of methoxy groups -OCH3 is 1. The van der Waals surface area contributed by atoms with Crippen molar-refractivity contribution >= 4 is 11.3 Å². The molecule has 0 amide bonds. The average molecular weight is 458 g/mol. The summed E-state index contributed by atoms with van der Waals surface area (Å²) < 4.78 is 49.6. The van der Waals surface area contributed by atoms with Crippen molar-refractivity contribution in [3.63, 3.8) is 0 Å². The van der Waals surface area contributed by atoms with E-state index in [0.29, 0.717) is 43.3 Å². The highest BCUT2D eigenvalue weighted by molar-refractivity contribution is 6.02. The number of ketones is 1. The lowest BCUT2D eigenvalue weighted by atomic mass is 9.98. The number of aromatic nitrogens is 2. The van der Waals surface area contributed by atoms with E-state index in [2.05, 4.69) is 5.10 Å². The Morgan fingerprint density at radius 3 is 2.76 bits per heavy atom. The normalized spacial score (nSPS) is 18.6. The van der Waals surface area contributed by atoms with Crippen LogP contribution < -0.4 is 9.47 Å². The molecular weight excluding hydrogens is 434 g/mol. The number of ether oxygens (including phenoxy) is 4. The molecule has 5 rings (SSSR count). The van der Waals surface area contributed by atoms with Gasteiger partial charge in [-0.25, -0.2) is 4.52 Å². The third kappa shape index (κ3) is 4.56. The Bertz CT molecular complexity index is 1170. The number of alkyl halides is 2. The monoisotopic (exact) mass is 458 g/mol.